The second-order valence-electron chi connectivity index (χ2n) is 7.08. The van der Waals surface area contributed by atoms with Crippen LogP contribution in [0.2, 0.25) is 0 Å². The number of allylic oxidation sites excluding steroid dienone is 1. The van der Waals surface area contributed by atoms with E-state index >= 15 is 0 Å². The van der Waals surface area contributed by atoms with E-state index in [0.29, 0.717) is 47.7 Å². The van der Waals surface area contributed by atoms with Crippen LogP contribution in [0.5, 0.6) is 11.5 Å². The van der Waals surface area contributed by atoms with Gasteiger partial charge in [0, 0.05) is 18.9 Å². The molecule has 2 aromatic rings. The molecule has 2 aromatic carbocycles. The van der Waals surface area contributed by atoms with Gasteiger partial charge in [0.2, 0.25) is 0 Å². The number of anilines is 1. The van der Waals surface area contributed by atoms with Gasteiger partial charge in [-0.1, -0.05) is 30.3 Å². The van der Waals surface area contributed by atoms with Crippen LogP contribution in [-0.4, -0.2) is 44.6 Å². The molecule has 8 heteroatoms. The predicted molar refractivity (Wildman–Crippen MR) is 120 cm³/mol. The van der Waals surface area contributed by atoms with E-state index in [-0.39, 0.29) is 6.61 Å². The standard InChI is InChI=1S/C23H24N2O5S/c1-15-20(22(26)30-11-10-27-2)21(16-6-4-3-5-7-16)24-23(31)25(15)17-8-9-18-19(14-17)29-13-12-28-18/h3-9,14,21H,10-13H2,1-2H3,(H,24,31)/t21-/m1/s1. The summed E-state index contributed by atoms with van der Waals surface area (Å²) in [5, 5.41) is 3.79. The lowest BCUT2D eigenvalue weighted by Gasteiger charge is -2.37. The van der Waals surface area contributed by atoms with Gasteiger partial charge in [-0.25, -0.2) is 4.79 Å². The van der Waals surface area contributed by atoms with Gasteiger partial charge in [-0.2, -0.15) is 0 Å². The topological polar surface area (TPSA) is 69.3 Å². The molecule has 162 valence electrons. The Bertz CT molecular complexity index is 1010. The maximum Gasteiger partial charge on any atom is 0.338 e. The summed E-state index contributed by atoms with van der Waals surface area (Å²) >= 11 is 5.70. The number of ether oxygens (including phenoxy) is 4. The highest BCUT2D eigenvalue weighted by molar-refractivity contribution is 7.80. The van der Waals surface area contributed by atoms with Gasteiger partial charge in [0.05, 0.1) is 23.9 Å². The number of nitrogens with one attached hydrogen (secondary N) is 1. The number of rotatable bonds is 6. The van der Waals surface area contributed by atoms with Crippen LogP contribution in [0.25, 0.3) is 0 Å². The first-order chi connectivity index (χ1) is 15.1. The smallest absolute Gasteiger partial charge is 0.338 e. The summed E-state index contributed by atoms with van der Waals surface area (Å²) in [6.07, 6.45) is 0. The fourth-order valence-corrected chi connectivity index (χ4v) is 4.04. The minimum Gasteiger partial charge on any atom is -0.486 e. The minimum atomic E-state index is -0.419. The van der Waals surface area contributed by atoms with E-state index in [4.69, 9.17) is 31.2 Å². The van der Waals surface area contributed by atoms with Gasteiger partial charge in [-0.05, 0) is 36.8 Å². The van der Waals surface area contributed by atoms with Crippen LogP contribution in [0, 0.1) is 0 Å². The molecule has 4 rings (SSSR count). The predicted octanol–water partition coefficient (Wildman–Crippen LogP) is 3.36. The molecule has 7 nitrogen and oxygen atoms in total. The summed E-state index contributed by atoms with van der Waals surface area (Å²) in [5.41, 5.74) is 2.88. The van der Waals surface area contributed by atoms with E-state index in [1.165, 1.54) is 0 Å². The van der Waals surface area contributed by atoms with Crippen LogP contribution >= 0.6 is 12.2 Å². The summed E-state index contributed by atoms with van der Waals surface area (Å²) in [4.78, 5) is 14.9. The molecule has 0 unspecified atom stereocenters. The van der Waals surface area contributed by atoms with Crippen LogP contribution in [0.1, 0.15) is 18.5 Å². The Morgan fingerprint density at radius 1 is 1.13 bits per heavy atom. The molecule has 2 heterocycles. The molecule has 0 aromatic heterocycles. The second-order valence-corrected chi connectivity index (χ2v) is 7.47. The third-order valence-electron chi connectivity index (χ3n) is 5.14. The second kappa shape index (κ2) is 9.36. The van der Waals surface area contributed by atoms with Crippen molar-refractivity contribution < 1.29 is 23.7 Å². The first-order valence-electron chi connectivity index (χ1n) is 10.0. The number of carbonyl (C=O) groups excluding carboxylic acids is 1. The number of benzene rings is 2. The number of hydrogen-bond donors (Lipinski definition) is 1. The van der Waals surface area contributed by atoms with Crippen LogP contribution in [0.3, 0.4) is 0 Å². The molecule has 2 aliphatic rings. The average Bonchev–Trinajstić information content (AvgIpc) is 2.79. The third-order valence-corrected chi connectivity index (χ3v) is 5.44. The molecule has 31 heavy (non-hydrogen) atoms. The SMILES string of the molecule is COCCOC(=O)C1=C(C)N(c2ccc3c(c2)OCCO3)C(=S)N[C@@H]1c1ccccc1. The zero-order chi connectivity index (χ0) is 21.8. The quantitative estimate of drug-likeness (QED) is 0.417. The lowest BCUT2D eigenvalue weighted by atomic mass is 9.95. The largest absolute Gasteiger partial charge is 0.486 e. The molecule has 0 bridgehead atoms. The van der Waals surface area contributed by atoms with Crippen molar-refractivity contribution in [2.75, 3.05) is 38.4 Å². The van der Waals surface area contributed by atoms with Crippen molar-refractivity contribution in [3.8, 4) is 11.5 Å². The Labute approximate surface area is 186 Å². The number of hydrogen-bond acceptors (Lipinski definition) is 6. The molecular weight excluding hydrogens is 416 g/mol. The highest BCUT2D eigenvalue weighted by Crippen LogP contribution is 2.38. The Balaban J connectivity index is 1.75. The molecule has 0 saturated heterocycles. The number of fused-ring (bicyclic) bond motifs is 1. The van der Waals surface area contributed by atoms with E-state index in [9.17, 15) is 4.79 Å². The van der Waals surface area contributed by atoms with Crippen molar-refractivity contribution in [1.82, 2.24) is 5.32 Å². The van der Waals surface area contributed by atoms with Crippen molar-refractivity contribution in [3.63, 3.8) is 0 Å². The lowest BCUT2D eigenvalue weighted by Crippen LogP contribution is -2.48. The molecule has 0 aliphatic carbocycles. The summed E-state index contributed by atoms with van der Waals surface area (Å²) in [7, 11) is 1.56. The van der Waals surface area contributed by atoms with E-state index in [1.54, 1.807) is 7.11 Å². The first kappa shape index (κ1) is 21.1. The molecule has 0 fully saturated rings. The van der Waals surface area contributed by atoms with Gasteiger partial charge in [0.25, 0.3) is 0 Å². The molecule has 0 amide bonds. The first-order valence-corrected chi connectivity index (χ1v) is 10.4. The highest BCUT2D eigenvalue weighted by Gasteiger charge is 2.35. The van der Waals surface area contributed by atoms with Gasteiger partial charge in [0.1, 0.15) is 19.8 Å². The normalized spacial score (nSPS) is 17.9. The number of thiocarbonyl (C=S) groups is 1. The maximum atomic E-state index is 13.1. The number of carbonyl (C=O) groups is 1. The molecule has 1 atom stereocenters. The molecule has 1 N–H and O–H groups in total. The van der Waals surface area contributed by atoms with Crippen LogP contribution < -0.4 is 19.7 Å². The molecule has 0 saturated carbocycles. The zero-order valence-corrected chi connectivity index (χ0v) is 18.2. The van der Waals surface area contributed by atoms with Crippen molar-refractivity contribution >= 4 is 29.0 Å². The minimum absolute atomic E-state index is 0.169. The van der Waals surface area contributed by atoms with E-state index in [0.717, 1.165) is 11.3 Å². The van der Waals surface area contributed by atoms with Crippen LogP contribution in [-0.2, 0) is 14.3 Å². The summed E-state index contributed by atoms with van der Waals surface area (Å²) in [6.45, 7) is 3.37. The van der Waals surface area contributed by atoms with Crippen LogP contribution in [0.4, 0.5) is 5.69 Å². The van der Waals surface area contributed by atoms with Crippen molar-refractivity contribution in [1.29, 1.82) is 0 Å². The van der Waals surface area contributed by atoms with E-state index in [2.05, 4.69) is 5.32 Å². The zero-order valence-electron chi connectivity index (χ0n) is 17.4. The van der Waals surface area contributed by atoms with Crippen molar-refractivity contribution in [2.24, 2.45) is 0 Å². The third kappa shape index (κ3) is 4.35. The summed E-state index contributed by atoms with van der Waals surface area (Å²) in [5.74, 6) is 0.920. The van der Waals surface area contributed by atoms with Gasteiger partial charge >= 0.3 is 5.97 Å². The van der Waals surface area contributed by atoms with Gasteiger partial charge in [-0.15, -0.1) is 0 Å². The van der Waals surface area contributed by atoms with Gasteiger partial charge in [-0.3, -0.25) is 4.90 Å². The van der Waals surface area contributed by atoms with Crippen LogP contribution in [0.15, 0.2) is 59.8 Å². The molecule has 0 spiro atoms. The van der Waals surface area contributed by atoms with Crippen molar-refractivity contribution in [2.45, 2.75) is 13.0 Å². The molecule has 0 radical (unpaired) electrons. The van der Waals surface area contributed by atoms with Gasteiger partial charge < -0.3 is 24.3 Å². The van der Waals surface area contributed by atoms with Crippen molar-refractivity contribution in [3.05, 3.63) is 65.4 Å². The Morgan fingerprint density at radius 2 is 1.87 bits per heavy atom. The maximum absolute atomic E-state index is 13.1. The molecular formula is C23H24N2O5S. The monoisotopic (exact) mass is 440 g/mol. The fraction of sp³-hybridized carbons (Fsp3) is 0.304. The molecule has 2 aliphatic heterocycles. The number of methoxy groups -OCH3 is 1. The van der Waals surface area contributed by atoms with E-state index in [1.807, 2.05) is 60.4 Å². The number of nitrogens with zero attached hydrogens (tertiary/aromatic N) is 1. The Morgan fingerprint density at radius 3 is 2.61 bits per heavy atom. The van der Waals surface area contributed by atoms with E-state index < -0.39 is 12.0 Å². The number of esters is 1. The fourth-order valence-electron chi connectivity index (χ4n) is 3.68. The van der Waals surface area contributed by atoms with Gasteiger partial charge in [0.15, 0.2) is 16.6 Å². The summed E-state index contributed by atoms with van der Waals surface area (Å²) < 4.78 is 21.8. The lowest BCUT2D eigenvalue weighted by molar-refractivity contribution is -0.140. The Kier molecular flexibility index (Phi) is 6.39. The highest BCUT2D eigenvalue weighted by atomic mass is 32.1. The summed E-state index contributed by atoms with van der Waals surface area (Å²) in [6, 6.07) is 14.9. The average molecular weight is 441 g/mol. The Hall–Kier alpha value is -3.10.